The standard InChI is InChI=1S/C31H38FN3O5S/c1-5-23(4)33-31(37)29(6-2)34(21-24-13-15-25(32)16-14-24)30(36)22-35(26-11-9-8-10-12-26)41(38,39)28-19-17-27(18-20-28)40-7-3/h8-20,23,29H,5-7,21-22H2,1-4H3,(H,33,37)/t23-,29-/m0/s1. The molecule has 1 N–H and O–H groups in total. The number of ether oxygens (including phenoxy) is 1. The number of nitrogens with one attached hydrogen (secondary N) is 1. The van der Waals surface area contributed by atoms with Crippen LogP contribution in [-0.2, 0) is 26.2 Å². The summed E-state index contributed by atoms with van der Waals surface area (Å²) >= 11 is 0. The van der Waals surface area contributed by atoms with Gasteiger partial charge in [0.15, 0.2) is 0 Å². The summed E-state index contributed by atoms with van der Waals surface area (Å²) in [4.78, 5) is 28.7. The van der Waals surface area contributed by atoms with Crippen LogP contribution in [0.15, 0.2) is 83.8 Å². The summed E-state index contributed by atoms with van der Waals surface area (Å²) in [5.41, 5.74) is 0.906. The van der Waals surface area contributed by atoms with Gasteiger partial charge in [0.2, 0.25) is 11.8 Å². The molecule has 220 valence electrons. The maximum atomic E-state index is 14.0. The molecule has 3 aromatic carbocycles. The summed E-state index contributed by atoms with van der Waals surface area (Å²) in [6.45, 7) is 7.32. The normalized spacial score (nSPS) is 12.7. The molecule has 0 saturated heterocycles. The molecule has 8 nitrogen and oxygen atoms in total. The molecule has 2 amide bonds. The lowest BCUT2D eigenvalue weighted by atomic mass is 10.1. The lowest BCUT2D eigenvalue weighted by Crippen LogP contribution is -2.53. The third kappa shape index (κ3) is 8.29. The van der Waals surface area contributed by atoms with Gasteiger partial charge in [-0.3, -0.25) is 13.9 Å². The lowest BCUT2D eigenvalue weighted by molar-refractivity contribution is -0.140. The number of amides is 2. The number of benzene rings is 3. The van der Waals surface area contributed by atoms with Crippen LogP contribution in [0.3, 0.4) is 0 Å². The molecule has 0 saturated carbocycles. The van der Waals surface area contributed by atoms with E-state index in [0.717, 1.165) is 4.31 Å². The Morgan fingerprint density at radius 2 is 1.54 bits per heavy atom. The van der Waals surface area contributed by atoms with Gasteiger partial charge in [0.1, 0.15) is 24.2 Å². The van der Waals surface area contributed by atoms with Gasteiger partial charge in [0.25, 0.3) is 10.0 Å². The topological polar surface area (TPSA) is 96.0 Å². The maximum absolute atomic E-state index is 14.0. The van der Waals surface area contributed by atoms with Gasteiger partial charge in [-0.05, 0) is 80.8 Å². The molecule has 0 spiro atoms. The third-order valence-electron chi connectivity index (χ3n) is 6.70. The van der Waals surface area contributed by atoms with Crippen LogP contribution < -0.4 is 14.4 Å². The number of hydrogen-bond donors (Lipinski definition) is 1. The highest BCUT2D eigenvalue weighted by molar-refractivity contribution is 7.92. The van der Waals surface area contributed by atoms with Gasteiger partial charge in [-0.15, -0.1) is 0 Å². The van der Waals surface area contributed by atoms with Crippen molar-refractivity contribution in [3.05, 3.63) is 90.2 Å². The molecule has 2 atom stereocenters. The summed E-state index contributed by atoms with van der Waals surface area (Å²) in [5, 5.41) is 2.93. The summed E-state index contributed by atoms with van der Waals surface area (Å²) in [5.74, 6) is -0.806. The Hall–Kier alpha value is -3.92. The fourth-order valence-corrected chi connectivity index (χ4v) is 5.69. The van der Waals surface area contributed by atoms with E-state index < -0.39 is 34.3 Å². The van der Waals surface area contributed by atoms with Crippen molar-refractivity contribution in [2.24, 2.45) is 0 Å². The van der Waals surface area contributed by atoms with Crippen molar-refractivity contribution in [2.45, 2.75) is 64.1 Å². The molecule has 0 aliphatic carbocycles. The van der Waals surface area contributed by atoms with Crippen LogP contribution >= 0.6 is 0 Å². The first kappa shape index (κ1) is 31.6. The van der Waals surface area contributed by atoms with Crippen molar-refractivity contribution in [1.29, 1.82) is 0 Å². The van der Waals surface area contributed by atoms with E-state index in [2.05, 4.69) is 5.32 Å². The van der Waals surface area contributed by atoms with E-state index in [-0.39, 0.29) is 23.4 Å². The van der Waals surface area contributed by atoms with E-state index in [1.807, 2.05) is 20.8 Å². The van der Waals surface area contributed by atoms with E-state index in [9.17, 15) is 22.4 Å². The number of halogens is 1. The molecular weight excluding hydrogens is 545 g/mol. The molecular formula is C31H38FN3O5S. The fraction of sp³-hybridized carbons (Fsp3) is 0.355. The number of para-hydroxylation sites is 1. The highest BCUT2D eigenvalue weighted by atomic mass is 32.2. The van der Waals surface area contributed by atoms with Crippen molar-refractivity contribution >= 4 is 27.5 Å². The minimum atomic E-state index is -4.19. The van der Waals surface area contributed by atoms with Crippen molar-refractivity contribution in [3.63, 3.8) is 0 Å². The predicted molar refractivity (Wildman–Crippen MR) is 158 cm³/mol. The highest BCUT2D eigenvalue weighted by Gasteiger charge is 2.34. The second-order valence-corrected chi connectivity index (χ2v) is 11.5. The van der Waals surface area contributed by atoms with Gasteiger partial charge in [0, 0.05) is 12.6 Å². The largest absolute Gasteiger partial charge is 0.494 e. The van der Waals surface area contributed by atoms with Gasteiger partial charge < -0.3 is 15.0 Å². The average Bonchev–Trinajstić information content (AvgIpc) is 2.97. The van der Waals surface area contributed by atoms with E-state index in [4.69, 9.17) is 4.74 Å². The van der Waals surface area contributed by atoms with E-state index in [1.165, 1.54) is 29.2 Å². The average molecular weight is 584 g/mol. The maximum Gasteiger partial charge on any atom is 0.264 e. The Labute approximate surface area is 242 Å². The number of rotatable bonds is 14. The zero-order valence-corrected chi connectivity index (χ0v) is 24.7. The zero-order valence-electron chi connectivity index (χ0n) is 23.9. The van der Waals surface area contributed by atoms with E-state index >= 15 is 0 Å². The van der Waals surface area contributed by atoms with Crippen molar-refractivity contribution in [3.8, 4) is 5.75 Å². The van der Waals surface area contributed by atoms with Crippen LogP contribution in [0.1, 0.15) is 46.1 Å². The molecule has 10 heteroatoms. The molecule has 0 aliphatic rings. The Balaban J connectivity index is 2.02. The SMILES string of the molecule is CCOc1ccc(S(=O)(=O)N(CC(=O)N(Cc2ccc(F)cc2)[C@@H](CC)C(=O)N[C@@H](C)CC)c2ccccc2)cc1. The van der Waals surface area contributed by atoms with Gasteiger partial charge >= 0.3 is 0 Å². The second-order valence-electron chi connectivity index (χ2n) is 9.64. The van der Waals surface area contributed by atoms with E-state index in [1.54, 1.807) is 61.5 Å². The number of sulfonamides is 1. The fourth-order valence-electron chi connectivity index (χ4n) is 4.27. The van der Waals surface area contributed by atoms with Crippen LogP contribution in [0, 0.1) is 5.82 Å². The molecule has 0 bridgehead atoms. The Morgan fingerprint density at radius 3 is 2.10 bits per heavy atom. The van der Waals surface area contributed by atoms with Gasteiger partial charge in [-0.2, -0.15) is 0 Å². The lowest BCUT2D eigenvalue weighted by Gasteiger charge is -2.33. The highest BCUT2D eigenvalue weighted by Crippen LogP contribution is 2.26. The molecule has 3 rings (SSSR count). The number of hydrogen-bond acceptors (Lipinski definition) is 5. The van der Waals surface area contributed by atoms with Gasteiger partial charge in [-0.1, -0.05) is 44.2 Å². The Bertz CT molecular complexity index is 1380. The Morgan fingerprint density at radius 1 is 0.902 bits per heavy atom. The molecule has 0 radical (unpaired) electrons. The van der Waals surface area contributed by atoms with Crippen LogP contribution in [-0.4, -0.2) is 50.4 Å². The van der Waals surface area contributed by atoms with Crippen molar-refractivity contribution < 1.29 is 27.1 Å². The summed E-state index contributed by atoms with van der Waals surface area (Å²) < 4.78 is 47.9. The van der Waals surface area contributed by atoms with Crippen LogP contribution in [0.5, 0.6) is 5.75 Å². The Kier molecular flexibility index (Phi) is 11.3. The smallest absolute Gasteiger partial charge is 0.264 e. The molecule has 0 aromatic heterocycles. The quantitative estimate of drug-likeness (QED) is 0.284. The summed E-state index contributed by atoms with van der Waals surface area (Å²) in [7, 11) is -4.19. The van der Waals surface area contributed by atoms with Crippen molar-refractivity contribution in [1.82, 2.24) is 10.2 Å². The van der Waals surface area contributed by atoms with Gasteiger partial charge in [-0.25, -0.2) is 12.8 Å². The van der Waals surface area contributed by atoms with Crippen LogP contribution in [0.25, 0.3) is 0 Å². The zero-order chi connectivity index (χ0) is 30.0. The third-order valence-corrected chi connectivity index (χ3v) is 8.49. The first-order valence-corrected chi connectivity index (χ1v) is 15.2. The monoisotopic (exact) mass is 583 g/mol. The predicted octanol–water partition coefficient (Wildman–Crippen LogP) is 5.14. The number of anilines is 1. The molecule has 0 heterocycles. The molecule has 0 unspecified atom stereocenters. The minimum Gasteiger partial charge on any atom is -0.494 e. The van der Waals surface area contributed by atoms with E-state index in [0.29, 0.717) is 36.4 Å². The minimum absolute atomic E-state index is 0.00270. The van der Waals surface area contributed by atoms with Crippen LogP contribution in [0.4, 0.5) is 10.1 Å². The molecule has 3 aromatic rings. The second kappa shape index (κ2) is 14.6. The molecule has 41 heavy (non-hydrogen) atoms. The number of carbonyl (C=O) groups is 2. The first-order valence-electron chi connectivity index (χ1n) is 13.8. The first-order chi connectivity index (χ1) is 19.6. The summed E-state index contributed by atoms with van der Waals surface area (Å²) in [6, 6.07) is 19.0. The van der Waals surface area contributed by atoms with Crippen LogP contribution in [0.2, 0.25) is 0 Å². The molecule has 0 fully saturated rings. The van der Waals surface area contributed by atoms with Crippen molar-refractivity contribution in [2.75, 3.05) is 17.5 Å². The summed E-state index contributed by atoms with van der Waals surface area (Å²) in [6.07, 6.45) is 1.00. The molecule has 0 aliphatic heterocycles. The number of nitrogens with zero attached hydrogens (tertiary/aromatic N) is 2. The van der Waals surface area contributed by atoms with Gasteiger partial charge in [0.05, 0.1) is 17.2 Å². The number of carbonyl (C=O) groups excluding carboxylic acids is 2.